The SMILES string of the molecule is N#CCCN(CC1CCC1)c1ncnc2ccccc12. The van der Waals surface area contributed by atoms with Gasteiger partial charge in [0.05, 0.1) is 18.0 Å². The Morgan fingerprint density at radius 3 is 2.85 bits per heavy atom. The van der Waals surface area contributed by atoms with E-state index in [-0.39, 0.29) is 0 Å². The molecular formula is C16H18N4. The van der Waals surface area contributed by atoms with Crippen molar-refractivity contribution in [2.24, 2.45) is 5.92 Å². The number of aromatic nitrogens is 2. The highest BCUT2D eigenvalue weighted by molar-refractivity contribution is 5.89. The molecule has 0 saturated heterocycles. The van der Waals surface area contributed by atoms with Gasteiger partial charge in [-0.25, -0.2) is 9.97 Å². The molecule has 3 rings (SSSR count). The summed E-state index contributed by atoms with van der Waals surface area (Å²) in [6.45, 7) is 1.75. The van der Waals surface area contributed by atoms with Crippen LogP contribution < -0.4 is 4.90 Å². The van der Waals surface area contributed by atoms with Crippen molar-refractivity contribution in [2.75, 3.05) is 18.0 Å². The van der Waals surface area contributed by atoms with Gasteiger partial charge in [-0.2, -0.15) is 5.26 Å². The molecule has 0 unspecified atom stereocenters. The van der Waals surface area contributed by atoms with E-state index in [4.69, 9.17) is 5.26 Å². The minimum atomic E-state index is 0.533. The topological polar surface area (TPSA) is 52.8 Å². The fourth-order valence-corrected chi connectivity index (χ4v) is 2.70. The summed E-state index contributed by atoms with van der Waals surface area (Å²) < 4.78 is 0. The van der Waals surface area contributed by atoms with Crippen molar-refractivity contribution in [3.8, 4) is 6.07 Å². The van der Waals surface area contributed by atoms with Crippen LogP contribution in [0.4, 0.5) is 5.82 Å². The number of para-hydroxylation sites is 1. The molecular weight excluding hydrogens is 248 g/mol. The Balaban J connectivity index is 1.92. The third-order valence-electron chi connectivity index (χ3n) is 4.02. The van der Waals surface area contributed by atoms with Crippen molar-refractivity contribution in [1.82, 2.24) is 9.97 Å². The summed E-state index contributed by atoms with van der Waals surface area (Å²) in [5.41, 5.74) is 0.966. The second kappa shape index (κ2) is 5.87. The average Bonchev–Trinajstić information content (AvgIpc) is 2.45. The quantitative estimate of drug-likeness (QED) is 0.834. The molecule has 0 amide bonds. The molecule has 20 heavy (non-hydrogen) atoms. The molecule has 4 heteroatoms. The van der Waals surface area contributed by atoms with Crippen LogP contribution in [-0.4, -0.2) is 23.1 Å². The van der Waals surface area contributed by atoms with Crippen LogP contribution in [0.5, 0.6) is 0 Å². The van der Waals surface area contributed by atoms with Crippen molar-refractivity contribution in [3.05, 3.63) is 30.6 Å². The Morgan fingerprint density at radius 1 is 1.25 bits per heavy atom. The monoisotopic (exact) mass is 266 g/mol. The van der Waals surface area contributed by atoms with Crippen LogP contribution in [-0.2, 0) is 0 Å². The number of nitrogens with zero attached hydrogens (tertiary/aromatic N) is 4. The molecule has 1 saturated carbocycles. The molecule has 1 aliphatic carbocycles. The minimum Gasteiger partial charge on any atom is -0.355 e. The van der Waals surface area contributed by atoms with E-state index in [1.54, 1.807) is 6.33 Å². The predicted octanol–water partition coefficient (Wildman–Crippen LogP) is 3.15. The van der Waals surface area contributed by atoms with Gasteiger partial charge in [0, 0.05) is 18.5 Å². The van der Waals surface area contributed by atoms with Crippen LogP contribution in [0.1, 0.15) is 25.7 Å². The summed E-state index contributed by atoms with van der Waals surface area (Å²) >= 11 is 0. The van der Waals surface area contributed by atoms with Crippen LogP contribution in [0.2, 0.25) is 0 Å². The van der Waals surface area contributed by atoms with Gasteiger partial charge in [0.25, 0.3) is 0 Å². The first kappa shape index (κ1) is 12.9. The van der Waals surface area contributed by atoms with E-state index in [1.165, 1.54) is 19.3 Å². The summed E-state index contributed by atoms with van der Waals surface area (Å²) in [5, 5.41) is 9.95. The van der Waals surface area contributed by atoms with Crippen LogP contribution in [0.25, 0.3) is 10.9 Å². The molecule has 2 aromatic rings. The Labute approximate surface area is 119 Å². The van der Waals surface area contributed by atoms with Crippen LogP contribution in [0.3, 0.4) is 0 Å². The van der Waals surface area contributed by atoms with E-state index in [1.807, 2.05) is 18.2 Å². The van der Waals surface area contributed by atoms with E-state index < -0.39 is 0 Å². The molecule has 1 heterocycles. The molecule has 1 aromatic carbocycles. The second-order valence-electron chi connectivity index (χ2n) is 5.37. The van der Waals surface area contributed by atoms with Gasteiger partial charge in [0.2, 0.25) is 0 Å². The van der Waals surface area contributed by atoms with Crippen molar-refractivity contribution in [3.63, 3.8) is 0 Å². The van der Waals surface area contributed by atoms with Crippen molar-refractivity contribution in [2.45, 2.75) is 25.7 Å². The molecule has 0 radical (unpaired) electrons. The first-order valence-corrected chi connectivity index (χ1v) is 7.20. The maximum atomic E-state index is 8.87. The Bertz CT molecular complexity index is 622. The first-order valence-electron chi connectivity index (χ1n) is 7.20. The van der Waals surface area contributed by atoms with E-state index in [0.717, 1.165) is 35.7 Å². The van der Waals surface area contributed by atoms with Gasteiger partial charge in [0.15, 0.2) is 0 Å². The van der Waals surface area contributed by atoms with Gasteiger partial charge in [-0.3, -0.25) is 0 Å². The zero-order valence-electron chi connectivity index (χ0n) is 11.5. The zero-order chi connectivity index (χ0) is 13.8. The number of hydrogen-bond donors (Lipinski definition) is 0. The molecule has 0 spiro atoms. The minimum absolute atomic E-state index is 0.533. The number of nitriles is 1. The second-order valence-corrected chi connectivity index (χ2v) is 5.37. The largest absolute Gasteiger partial charge is 0.355 e. The Hall–Kier alpha value is -2.15. The summed E-state index contributed by atoms with van der Waals surface area (Å²) in [7, 11) is 0. The highest BCUT2D eigenvalue weighted by Crippen LogP contribution is 2.30. The number of benzene rings is 1. The third kappa shape index (κ3) is 2.57. The maximum Gasteiger partial charge on any atom is 0.139 e. The van der Waals surface area contributed by atoms with Crippen molar-refractivity contribution in [1.29, 1.82) is 5.26 Å². The molecule has 0 N–H and O–H groups in total. The highest BCUT2D eigenvalue weighted by Gasteiger charge is 2.22. The molecule has 1 fully saturated rings. The predicted molar refractivity (Wildman–Crippen MR) is 79.3 cm³/mol. The van der Waals surface area contributed by atoms with Crippen LogP contribution >= 0.6 is 0 Å². The highest BCUT2D eigenvalue weighted by atomic mass is 15.2. The lowest BCUT2D eigenvalue weighted by molar-refractivity contribution is 0.317. The van der Waals surface area contributed by atoms with Gasteiger partial charge >= 0.3 is 0 Å². The molecule has 102 valence electrons. The molecule has 0 aliphatic heterocycles. The van der Waals surface area contributed by atoms with E-state index in [9.17, 15) is 0 Å². The number of rotatable bonds is 5. The first-order chi connectivity index (χ1) is 9.88. The molecule has 4 nitrogen and oxygen atoms in total. The lowest BCUT2D eigenvalue weighted by atomic mass is 9.85. The standard InChI is InChI=1S/C16H18N4/c17-9-4-10-20(11-13-5-3-6-13)16-14-7-1-2-8-15(14)18-12-19-16/h1-2,7-8,12-13H,3-6,10-11H2. The smallest absolute Gasteiger partial charge is 0.139 e. The van der Waals surface area contributed by atoms with Gasteiger partial charge in [0.1, 0.15) is 12.1 Å². The van der Waals surface area contributed by atoms with Crippen molar-refractivity contribution < 1.29 is 0 Å². The summed E-state index contributed by atoms with van der Waals surface area (Å²) in [5.74, 6) is 1.72. The Kier molecular flexibility index (Phi) is 3.78. The van der Waals surface area contributed by atoms with Crippen LogP contribution in [0.15, 0.2) is 30.6 Å². The van der Waals surface area contributed by atoms with E-state index in [2.05, 4.69) is 27.0 Å². The Morgan fingerprint density at radius 2 is 2.10 bits per heavy atom. The average molecular weight is 266 g/mol. The lowest BCUT2D eigenvalue weighted by Gasteiger charge is -2.33. The summed E-state index contributed by atoms with van der Waals surface area (Å²) in [6, 6.07) is 10.3. The fraction of sp³-hybridized carbons (Fsp3) is 0.438. The van der Waals surface area contributed by atoms with Gasteiger partial charge in [-0.1, -0.05) is 18.6 Å². The summed E-state index contributed by atoms with van der Waals surface area (Å²) in [4.78, 5) is 11.1. The van der Waals surface area contributed by atoms with Crippen LogP contribution in [0, 0.1) is 17.2 Å². The summed E-state index contributed by atoms with van der Waals surface area (Å²) in [6.07, 6.45) is 6.09. The number of hydrogen-bond acceptors (Lipinski definition) is 4. The van der Waals surface area contributed by atoms with Gasteiger partial charge in [-0.15, -0.1) is 0 Å². The molecule has 1 aliphatic rings. The van der Waals surface area contributed by atoms with Gasteiger partial charge < -0.3 is 4.90 Å². The zero-order valence-corrected chi connectivity index (χ0v) is 11.5. The molecule has 0 bridgehead atoms. The number of anilines is 1. The fourth-order valence-electron chi connectivity index (χ4n) is 2.70. The van der Waals surface area contributed by atoms with Gasteiger partial charge in [-0.05, 0) is 30.9 Å². The van der Waals surface area contributed by atoms with E-state index >= 15 is 0 Å². The lowest BCUT2D eigenvalue weighted by Crippen LogP contribution is -2.34. The third-order valence-corrected chi connectivity index (χ3v) is 4.02. The maximum absolute atomic E-state index is 8.87. The molecule has 1 aromatic heterocycles. The number of fused-ring (bicyclic) bond motifs is 1. The van der Waals surface area contributed by atoms with E-state index in [0.29, 0.717) is 6.42 Å². The normalized spacial score (nSPS) is 14.8. The molecule has 0 atom stereocenters. The van der Waals surface area contributed by atoms with Crippen molar-refractivity contribution >= 4 is 16.7 Å².